The van der Waals surface area contributed by atoms with Gasteiger partial charge in [0.05, 0.1) is 28.9 Å². The highest BCUT2D eigenvalue weighted by Crippen LogP contribution is 2.31. The summed E-state index contributed by atoms with van der Waals surface area (Å²) in [7, 11) is 0.477. The minimum atomic E-state index is -1.08. The number of methoxy groups -OCH3 is 1. The van der Waals surface area contributed by atoms with Gasteiger partial charge in [-0.05, 0) is 19.8 Å². The molecule has 5 nitrogen and oxygen atoms in total. The Morgan fingerprint density at radius 2 is 2.35 bits per heavy atom. The highest BCUT2D eigenvalue weighted by molar-refractivity contribution is 7.89. The monoisotopic (exact) mass is 262 g/mol. The molecule has 0 N–H and O–H groups in total. The van der Waals surface area contributed by atoms with Crippen molar-refractivity contribution in [1.29, 1.82) is 0 Å². The first kappa shape index (κ1) is 13.0. The number of rotatable bonds is 4. The summed E-state index contributed by atoms with van der Waals surface area (Å²) >= 11 is 0. The van der Waals surface area contributed by atoms with E-state index in [1.165, 1.54) is 0 Å². The Hall–Kier alpha value is -0.430. The third-order valence-electron chi connectivity index (χ3n) is 2.86. The largest absolute Gasteiger partial charge is 0.467 e. The maximum atomic E-state index is 12.3. The fourth-order valence-electron chi connectivity index (χ4n) is 1.99. The molecule has 0 aliphatic carbocycles. The smallest absolute Gasteiger partial charge is 0.214 e. The van der Waals surface area contributed by atoms with Gasteiger partial charge in [-0.3, -0.25) is 4.21 Å². The summed E-state index contributed by atoms with van der Waals surface area (Å²) in [5, 5.41) is -0.0615. The molecule has 98 valence electrons. The van der Waals surface area contributed by atoms with E-state index in [9.17, 15) is 4.21 Å². The van der Waals surface area contributed by atoms with Crippen molar-refractivity contribution in [2.75, 3.05) is 27.1 Å². The van der Waals surface area contributed by atoms with Crippen LogP contribution in [-0.4, -0.2) is 42.9 Å². The molecule has 6 heteroatoms. The third kappa shape index (κ3) is 2.88. The van der Waals surface area contributed by atoms with Crippen molar-refractivity contribution < 1.29 is 23.2 Å². The van der Waals surface area contributed by atoms with Crippen LogP contribution in [0.4, 0.5) is 0 Å². The van der Waals surface area contributed by atoms with Gasteiger partial charge >= 0.3 is 0 Å². The molecule has 0 aromatic carbocycles. The Morgan fingerprint density at radius 1 is 1.53 bits per heavy atom. The molecule has 1 fully saturated rings. The highest BCUT2D eigenvalue weighted by atomic mass is 32.2. The van der Waals surface area contributed by atoms with E-state index in [1.807, 2.05) is 0 Å². The highest BCUT2D eigenvalue weighted by Gasteiger charge is 2.39. The zero-order valence-corrected chi connectivity index (χ0v) is 11.0. The number of ether oxygens (including phenoxy) is 4. The van der Waals surface area contributed by atoms with E-state index in [-0.39, 0.29) is 24.9 Å². The van der Waals surface area contributed by atoms with Crippen LogP contribution in [0.3, 0.4) is 0 Å². The van der Waals surface area contributed by atoms with Crippen LogP contribution in [0.1, 0.15) is 19.8 Å². The quantitative estimate of drug-likeness (QED) is 0.561. The SMILES string of the molecule is COCOCC1=C(C)OC2OCCCC2S1=O. The Morgan fingerprint density at radius 3 is 3.12 bits per heavy atom. The third-order valence-corrected chi connectivity index (χ3v) is 4.76. The molecule has 0 saturated carbocycles. The second kappa shape index (κ2) is 5.95. The Bertz CT molecular complexity index is 328. The predicted molar refractivity (Wildman–Crippen MR) is 62.5 cm³/mol. The van der Waals surface area contributed by atoms with Gasteiger partial charge in [0.2, 0.25) is 6.29 Å². The molecule has 3 atom stereocenters. The van der Waals surface area contributed by atoms with Crippen LogP contribution in [0.2, 0.25) is 0 Å². The molecule has 3 unspecified atom stereocenters. The molecular weight excluding hydrogens is 244 g/mol. The molecule has 0 spiro atoms. The van der Waals surface area contributed by atoms with Crippen LogP contribution in [-0.2, 0) is 29.7 Å². The number of fused-ring (bicyclic) bond motifs is 1. The van der Waals surface area contributed by atoms with Crippen molar-refractivity contribution in [2.24, 2.45) is 0 Å². The normalized spacial score (nSPS) is 33.2. The zero-order chi connectivity index (χ0) is 12.3. The van der Waals surface area contributed by atoms with Gasteiger partial charge < -0.3 is 18.9 Å². The summed E-state index contributed by atoms with van der Waals surface area (Å²) in [6, 6.07) is 0. The van der Waals surface area contributed by atoms with E-state index in [2.05, 4.69) is 0 Å². The first-order valence-electron chi connectivity index (χ1n) is 5.69. The molecule has 2 heterocycles. The summed E-state index contributed by atoms with van der Waals surface area (Å²) in [5.41, 5.74) is 0. The van der Waals surface area contributed by atoms with E-state index < -0.39 is 10.8 Å². The van der Waals surface area contributed by atoms with Crippen LogP contribution in [0.25, 0.3) is 0 Å². The van der Waals surface area contributed by atoms with E-state index in [4.69, 9.17) is 18.9 Å². The van der Waals surface area contributed by atoms with Gasteiger partial charge in [0.15, 0.2) is 0 Å². The van der Waals surface area contributed by atoms with Crippen LogP contribution in [0, 0.1) is 0 Å². The molecule has 2 aliphatic rings. The van der Waals surface area contributed by atoms with Crippen molar-refractivity contribution >= 4 is 10.8 Å². The van der Waals surface area contributed by atoms with E-state index in [1.54, 1.807) is 14.0 Å². The molecular formula is C11H18O5S. The lowest BCUT2D eigenvalue weighted by atomic mass is 10.2. The van der Waals surface area contributed by atoms with Crippen LogP contribution in [0.15, 0.2) is 10.7 Å². The van der Waals surface area contributed by atoms with E-state index >= 15 is 0 Å². The van der Waals surface area contributed by atoms with Crippen molar-refractivity contribution in [3.8, 4) is 0 Å². The van der Waals surface area contributed by atoms with Crippen molar-refractivity contribution in [3.05, 3.63) is 10.7 Å². The van der Waals surface area contributed by atoms with Gasteiger partial charge in [-0.1, -0.05) is 0 Å². The summed E-state index contributed by atoms with van der Waals surface area (Å²) in [6.07, 6.45) is 1.45. The average Bonchev–Trinajstić information content (AvgIpc) is 2.33. The molecule has 2 aliphatic heterocycles. The lowest BCUT2D eigenvalue weighted by Gasteiger charge is -2.36. The first-order chi connectivity index (χ1) is 8.24. The molecule has 1 saturated heterocycles. The van der Waals surface area contributed by atoms with Gasteiger partial charge in [-0.2, -0.15) is 0 Å². The molecule has 17 heavy (non-hydrogen) atoms. The topological polar surface area (TPSA) is 54.0 Å². The number of hydrogen-bond acceptors (Lipinski definition) is 5. The molecule has 0 amide bonds. The molecule has 0 bridgehead atoms. The Kier molecular flexibility index (Phi) is 4.55. The van der Waals surface area contributed by atoms with Gasteiger partial charge in [0.1, 0.15) is 17.8 Å². The fourth-order valence-corrected chi connectivity index (χ4v) is 3.60. The zero-order valence-electron chi connectivity index (χ0n) is 10.1. The molecule has 0 aromatic heterocycles. The lowest BCUT2D eigenvalue weighted by molar-refractivity contribution is -0.137. The van der Waals surface area contributed by atoms with Gasteiger partial charge in [-0.25, -0.2) is 0 Å². The molecule has 0 aromatic rings. The minimum Gasteiger partial charge on any atom is -0.467 e. The van der Waals surface area contributed by atoms with Gasteiger partial charge in [0.25, 0.3) is 0 Å². The lowest BCUT2D eigenvalue weighted by Crippen LogP contribution is -2.43. The standard InChI is InChI=1S/C11H18O5S/c1-8-10(6-14-7-13-2)17(12)9-4-3-5-15-11(9)16-8/h9,11H,3-7H2,1-2H3. The van der Waals surface area contributed by atoms with Crippen molar-refractivity contribution in [3.63, 3.8) is 0 Å². The molecule has 0 radical (unpaired) electrons. The number of hydrogen-bond donors (Lipinski definition) is 0. The Balaban J connectivity index is 2.05. The first-order valence-corrected chi connectivity index (χ1v) is 6.90. The Labute approximate surface area is 104 Å². The van der Waals surface area contributed by atoms with Crippen LogP contribution >= 0.6 is 0 Å². The summed E-state index contributed by atoms with van der Waals surface area (Å²) in [4.78, 5) is 0.716. The van der Waals surface area contributed by atoms with Gasteiger partial charge in [0, 0.05) is 7.11 Å². The second-order valence-corrected chi connectivity index (χ2v) is 5.76. The maximum Gasteiger partial charge on any atom is 0.214 e. The predicted octanol–water partition coefficient (Wildman–Crippen LogP) is 1.12. The van der Waals surface area contributed by atoms with Crippen LogP contribution in [0.5, 0.6) is 0 Å². The minimum absolute atomic E-state index is 0.0615. The summed E-state index contributed by atoms with van der Waals surface area (Å²) < 4.78 is 33.5. The van der Waals surface area contributed by atoms with Crippen molar-refractivity contribution in [2.45, 2.75) is 31.3 Å². The summed E-state index contributed by atoms with van der Waals surface area (Å²) in [6.45, 7) is 2.97. The van der Waals surface area contributed by atoms with E-state index in [0.29, 0.717) is 17.3 Å². The number of allylic oxidation sites excluding steroid dienone is 1. The summed E-state index contributed by atoms with van der Waals surface area (Å²) in [5.74, 6) is 0.655. The fraction of sp³-hybridized carbons (Fsp3) is 0.818. The van der Waals surface area contributed by atoms with Crippen molar-refractivity contribution in [1.82, 2.24) is 0 Å². The van der Waals surface area contributed by atoms with Gasteiger partial charge in [-0.15, -0.1) is 0 Å². The molecule has 2 rings (SSSR count). The van der Waals surface area contributed by atoms with Crippen LogP contribution < -0.4 is 0 Å². The average molecular weight is 262 g/mol. The van der Waals surface area contributed by atoms with E-state index in [0.717, 1.165) is 12.8 Å². The second-order valence-electron chi connectivity index (χ2n) is 4.07. The maximum absolute atomic E-state index is 12.3.